The molecule has 0 aliphatic rings. The molecule has 0 fully saturated rings. The highest BCUT2D eigenvalue weighted by molar-refractivity contribution is 7.89. The fourth-order valence-electron chi connectivity index (χ4n) is 2.38. The molecule has 0 amide bonds. The summed E-state index contributed by atoms with van der Waals surface area (Å²) < 4.78 is 32.8. The minimum atomic E-state index is -3.62. The van der Waals surface area contributed by atoms with Crippen LogP contribution < -0.4 is 0 Å². The van der Waals surface area contributed by atoms with Crippen molar-refractivity contribution in [1.82, 2.24) is 4.31 Å². The lowest BCUT2D eigenvalue weighted by Gasteiger charge is -2.22. The summed E-state index contributed by atoms with van der Waals surface area (Å²) in [5.74, 6) is 0.828. The highest BCUT2D eigenvalue weighted by Crippen LogP contribution is 2.29. The van der Waals surface area contributed by atoms with Crippen LogP contribution in [0.15, 0.2) is 9.31 Å². The van der Waals surface area contributed by atoms with Crippen molar-refractivity contribution in [1.29, 1.82) is 0 Å². The van der Waals surface area contributed by atoms with Crippen LogP contribution in [0, 0.1) is 13.8 Å². The molecular formula is C15H27NO4S. The molecule has 0 spiro atoms. The summed E-state index contributed by atoms with van der Waals surface area (Å²) >= 11 is 0. The fourth-order valence-corrected chi connectivity index (χ4v) is 4.30. The number of hydrogen-bond acceptors (Lipinski definition) is 4. The van der Waals surface area contributed by atoms with Crippen molar-refractivity contribution in [3.8, 4) is 0 Å². The van der Waals surface area contributed by atoms with E-state index in [4.69, 9.17) is 4.42 Å². The lowest BCUT2D eigenvalue weighted by molar-refractivity contribution is 0.276. The second kappa shape index (κ2) is 7.96. The molecule has 122 valence electrons. The summed E-state index contributed by atoms with van der Waals surface area (Å²) in [6.45, 7) is 8.08. The largest absolute Gasteiger partial charge is 0.465 e. The van der Waals surface area contributed by atoms with Gasteiger partial charge in [0, 0.05) is 18.7 Å². The smallest absolute Gasteiger partial charge is 0.246 e. The number of nitrogens with zero attached hydrogens (tertiary/aromatic N) is 1. The minimum Gasteiger partial charge on any atom is -0.465 e. The Morgan fingerprint density at radius 3 is 2.00 bits per heavy atom. The lowest BCUT2D eigenvalue weighted by Crippen LogP contribution is -2.33. The number of furan rings is 1. The van der Waals surface area contributed by atoms with Gasteiger partial charge in [0.1, 0.15) is 16.4 Å². The van der Waals surface area contributed by atoms with Gasteiger partial charge in [0.2, 0.25) is 10.0 Å². The Kier molecular flexibility index (Phi) is 6.90. The lowest BCUT2D eigenvalue weighted by atomic mass is 10.2. The van der Waals surface area contributed by atoms with E-state index in [9.17, 15) is 13.5 Å². The van der Waals surface area contributed by atoms with Gasteiger partial charge in [0.05, 0.1) is 6.61 Å². The van der Waals surface area contributed by atoms with Crippen LogP contribution in [0.3, 0.4) is 0 Å². The van der Waals surface area contributed by atoms with Gasteiger partial charge in [-0.25, -0.2) is 8.42 Å². The summed E-state index contributed by atoms with van der Waals surface area (Å²) in [6.07, 6.45) is 3.53. The predicted molar refractivity (Wildman–Crippen MR) is 82.7 cm³/mol. The molecule has 0 aliphatic heterocycles. The van der Waals surface area contributed by atoms with E-state index in [2.05, 4.69) is 0 Å². The summed E-state index contributed by atoms with van der Waals surface area (Å²) in [5, 5.41) is 9.47. The van der Waals surface area contributed by atoms with Crippen molar-refractivity contribution in [2.45, 2.75) is 64.9 Å². The Bertz CT molecular complexity index is 540. The first-order chi connectivity index (χ1) is 9.89. The normalized spacial score (nSPS) is 12.3. The zero-order chi connectivity index (χ0) is 16.0. The Morgan fingerprint density at radius 2 is 1.57 bits per heavy atom. The van der Waals surface area contributed by atoms with Crippen molar-refractivity contribution in [2.24, 2.45) is 0 Å². The first-order valence-corrected chi connectivity index (χ1v) is 9.03. The molecule has 0 radical (unpaired) electrons. The van der Waals surface area contributed by atoms with Crippen LogP contribution in [-0.2, 0) is 16.6 Å². The second-order valence-electron chi connectivity index (χ2n) is 5.29. The van der Waals surface area contributed by atoms with Gasteiger partial charge in [-0.15, -0.1) is 0 Å². The van der Waals surface area contributed by atoms with Crippen LogP contribution in [0.25, 0.3) is 0 Å². The molecule has 0 unspecified atom stereocenters. The summed E-state index contributed by atoms with van der Waals surface area (Å²) in [6, 6.07) is 0. The number of aryl methyl sites for hydroxylation is 2. The van der Waals surface area contributed by atoms with Crippen molar-refractivity contribution >= 4 is 10.0 Å². The minimum absolute atomic E-state index is 0.148. The summed E-state index contributed by atoms with van der Waals surface area (Å²) in [5.41, 5.74) is 0.380. The molecule has 1 heterocycles. The first kappa shape index (κ1) is 18.2. The van der Waals surface area contributed by atoms with E-state index >= 15 is 0 Å². The third kappa shape index (κ3) is 4.08. The molecule has 0 saturated carbocycles. The molecule has 0 aliphatic carbocycles. The molecule has 0 atom stereocenters. The van der Waals surface area contributed by atoms with E-state index in [1.165, 1.54) is 4.31 Å². The van der Waals surface area contributed by atoms with E-state index < -0.39 is 10.0 Å². The predicted octanol–water partition coefficient (Wildman–Crippen LogP) is 2.98. The number of sulfonamides is 1. The van der Waals surface area contributed by atoms with E-state index in [1.807, 2.05) is 13.8 Å². The number of aliphatic hydroxyl groups is 1. The maximum absolute atomic E-state index is 12.9. The van der Waals surface area contributed by atoms with Crippen LogP contribution in [0.4, 0.5) is 0 Å². The number of hydrogen-bond donors (Lipinski definition) is 1. The molecule has 1 rings (SSSR count). The SMILES string of the molecule is CCCCN(CCCC)S(=O)(=O)c1c(C)oc(C)c1CO. The van der Waals surface area contributed by atoms with Gasteiger partial charge < -0.3 is 9.52 Å². The van der Waals surface area contributed by atoms with Crippen LogP contribution in [0.2, 0.25) is 0 Å². The number of unbranched alkanes of at least 4 members (excludes halogenated alkanes) is 2. The Labute approximate surface area is 128 Å². The Balaban J connectivity index is 3.21. The molecule has 1 aromatic rings. The summed E-state index contributed by atoms with van der Waals surface area (Å²) in [7, 11) is -3.62. The molecule has 0 bridgehead atoms. The highest BCUT2D eigenvalue weighted by Gasteiger charge is 2.31. The van der Waals surface area contributed by atoms with E-state index in [1.54, 1.807) is 13.8 Å². The second-order valence-corrected chi connectivity index (χ2v) is 7.17. The van der Waals surface area contributed by atoms with Gasteiger partial charge in [-0.2, -0.15) is 4.31 Å². The molecule has 5 nitrogen and oxygen atoms in total. The quantitative estimate of drug-likeness (QED) is 0.760. The highest BCUT2D eigenvalue weighted by atomic mass is 32.2. The number of rotatable bonds is 9. The Hall–Kier alpha value is -0.850. The van der Waals surface area contributed by atoms with Gasteiger partial charge >= 0.3 is 0 Å². The maximum atomic E-state index is 12.9. The first-order valence-electron chi connectivity index (χ1n) is 7.59. The van der Waals surface area contributed by atoms with Crippen molar-refractivity contribution in [3.63, 3.8) is 0 Å². The zero-order valence-electron chi connectivity index (χ0n) is 13.5. The fraction of sp³-hybridized carbons (Fsp3) is 0.733. The molecule has 1 N–H and O–H groups in total. The molecule has 0 aromatic carbocycles. The summed E-state index contributed by atoms with van der Waals surface area (Å²) in [4.78, 5) is 0.148. The van der Waals surface area contributed by atoms with E-state index in [0.717, 1.165) is 25.7 Å². The van der Waals surface area contributed by atoms with Crippen molar-refractivity contribution < 1.29 is 17.9 Å². The van der Waals surface area contributed by atoms with Gasteiger partial charge in [0.25, 0.3) is 0 Å². The van der Waals surface area contributed by atoms with E-state index in [0.29, 0.717) is 30.2 Å². The number of aliphatic hydroxyl groups excluding tert-OH is 1. The third-order valence-electron chi connectivity index (χ3n) is 3.60. The maximum Gasteiger partial charge on any atom is 0.246 e. The van der Waals surface area contributed by atoms with Crippen LogP contribution in [0.1, 0.15) is 56.6 Å². The molecule has 21 heavy (non-hydrogen) atoms. The molecule has 6 heteroatoms. The van der Waals surface area contributed by atoms with Crippen LogP contribution >= 0.6 is 0 Å². The average Bonchev–Trinajstić information content (AvgIpc) is 2.73. The Morgan fingerprint density at radius 1 is 1.05 bits per heavy atom. The van der Waals surface area contributed by atoms with Crippen LogP contribution in [0.5, 0.6) is 0 Å². The van der Waals surface area contributed by atoms with Crippen LogP contribution in [-0.4, -0.2) is 30.9 Å². The third-order valence-corrected chi connectivity index (χ3v) is 5.70. The molecule has 1 aromatic heterocycles. The van der Waals surface area contributed by atoms with Gasteiger partial charge in [0.15, 0.2) is 0 Å². The molecule has 0 saturated heterocycles. The van der Waals surface area contributed by atoms with Crippen molar-refractivity contribution in [3.05, 3.63) is 17.1 Å². The van der Waals surface area contributed by atoms with E-state index in [-0.39, 0.29) is 11.5 Å². The van der Waals surface area contributed by atoms with Gasteiger partial charge in [-0.1, -0.05) is 26.7 Å². The van der Waals surface area contributed by atoms with Gasteiger partial charge in [-0.3, -0.25) is 0 Å². The van der Waals surface area contributed by atoms with Gasteiger partial charge in [-0.05, 0) is 26.7 Å². The zero-order valence-corrected chi connectivity index (χ0v) is 14.3. The monoisotopic (exact) mass is 317 g/mol. The molecular weight excluding hydrogens is 290 g/mol. The topological polar surface area (TPSA) is 70.8 Å². The standard InChI is InChI=1S/C15H27NO4S/c1-5-7-9-16(10-8-6-2)21(18,19)15-13(4)20-12(3)14(15)11-17/h17H,5-11H2,1-4H3. The average molecular weight is 317 g/mol. The van der Waals surface area contributed by atoms with Crippen molar-refractivity contribution in [2.75, 3.05) is 13.1 Å².